The summed E-state index contributed by atoms with van der Waals surface area (Å²) < 4.78 is 10.8. The van der Waals surface area contributed by atoms with Gasteiger partial charge in [-0.05, 0) is 29.8 Å². The van der Waals surface area contributed by atoms with Crippen molar-refractivity contribution in [3.63, 3.8) is 0 Å². The highest BCUT2D eigenvalue weighted by atomic mass is 35.5. The number of benzene rings is 2. The fourth-order valence-electron chi connectivity index (χ4n) is 3.08. The molecule has 24 heavy (non-hydrogen) atoms. The van der Waals surface area contributed by atoms with E-state index in [0.717, 1.165) is 27.5 Å². The van der Waals surface area contributed by atoms with Crippen molar-refractivity contribution in [2.75, 3.05) is 6.79 Å². The maximum absolute atomic E-state index is 12.5. The Labute approximate surface area is 140 Å². The number of halogens is 1. The number of aromatic amines is 2. The van der Waals surface area contributed by atoms with Crippen molar-refractivity contribution in [1.29, 1.82) is 0 Å². The molecular weight excluding hydrogens is 328 g/mol. The highest BCUT2D eigenvalue weighted by Crippen LogP contribution is 2.38. The van der Waals surface area contributed by atoms with Crippen LogP contribution in [0.3, 0.4) is 0 Å². The number of hydrogen-bond acceptors (Lipinski definition) is 3. The van der Waals surface area contributed by atoms with Crippen LogP contribution in [0.5, 0.6) is 11.5 Å². The zero-order valence-electron chi connectivity index (χ0n) is 12.4. The van der Waals surface area contributed by atoms with Crippen LogP contribution < -0.4 is 15.0 Å². The maximum atomic E-state index is 12.5. The molecular formula is C18H11ClN2O3. The number of fused-ring (bicyclic) bond motifs is 4. The van der Waals surface area contributed by atoms with Gasteiger partial charge < -0.3 is 19.4 Å². The summed E-state index contributed by atoms with van der Waals surface area (Å²) in [6.07, 6.45) is 0. The summed E-state index contributed by atoms with van der Waals surface area (Å²) in [5.41, 5.74) is 2.84. The standard InChI is InChI=1S/C18H11ClN2O3/c19-10-3-1-9(2-4-10)13-5-12-11-6-15-16(24-8-23-15)7-14(11)20-17(12)18(22)21-13/h1-7,20H,8H2,(H,21,22). The van der Waals surface area contributed by atoms with Crippen molar-refractivity contribution in [3.8, 4) is 22.8 Å². The van der Waals surface area contributed by atoms with Gasteiger partial charge in [0.25, 0.3) is 5.56 Å². The fourth-order valence-corrected chi connectivity index (χ4v) is 3.21. The van der Waals surface area contributed by atoms with Gasteiger partial charge in [0.2, 0.25) is 6.79 Å². The molecule has 0 bridgehead atoms. The Hall–Kier alpha value is -2.92. The molecule has 5 nitrogen and oxygen atoms in total. The molecule has 0 radical (unpaired) electrons. The molecule has 0 fully saturated rings. The second-order valence-corrected chi connectivity index (χ2v) is 6.12. The summed E-state index contributed by atoms with van der Waals surface area (Å²) in [6, 6.07) is 13.1. The van der Waals surface area contributed by atoms with Crippen LogP contribution in [-0.2, 0) is 0 Å². The summed E-state index contributed by atoms with van der Waals surface area (Å²) in [4.78, 5) is 18.6. The van der Waals surface area contributed by atoms with Crippen LogP contribution in [0.1, 0.15) is 0 Å². The smallest absolute Gasteiger partial charge is 0.272 e. The Kier molecular flexibility index (Phi) is 2.69. The predicted octanol–water partition coefficient (Wildman–Crippen LogP) is 4.06. The van der Waals surface area contributed by atoms with Gasteiger partial charge in [-0.25, -0.2) is 0 Å². The number of pyridine rings is 1. The zero-order valence-corrected chi connectivity index (χ0v) is 13.1. The van der Waals surface area contributed by atoms with Gasteiger partial charge in [0.05, 0.1) is 5.52 Å². The highest BCUT2D eigenvalue weighted by molar-refractivity contribution is 6.30. The Balaban J connectivity index is 1.81. The van der Waals surface area contributed by atoms with Crippen molar-refractivity contribution in [3.05, 3.63) is 57.8 Å². The molecule has 1 aliphatic rings. The van der Waals surface area contributed by atoms with E-state index in [9.17, 15) is 4.79 Å². The summed E-state index contributed by atoms with van der Waals surface area (Å²) in [5, 5.41) is 2.43. The topological polar surface area (TPSA) is 67.1 Å². The van der Waals surface area contributed by atoms with Crippen LogP contribution in [0.15, 0.2) is 47.3 Å². The van der Waals surface area contributed by atoms with Crippen molar-refractivity contribution < 1.29 is 9.47 Å². The molecule has 118 valence electrons. The first-order valence-corrected chi connectivity index (χ1v) is 7.81. The second-order valence-electron chi connectivity index (χ2n) is 5.68. The normalized spacial score (nSPS) is 13.0. The van der Waals surface area contributed by atoms with Crippen molar-refractivity contribution >= 4 is 33.4 Å². The summed E-state index contributed by atoms with van der Waals surface area (Å²) >= 11 is 5.94. The molecule has 0 spiro atoms. The molecule has 5 rings (SSSR count). The van der Waals surface area contributed by atoms with E-state index < -0.39 is 0 Å². The van der Waals surface area contributed by atoms with Gasteiger partial charge in [-0.3, -0.25) is 4.79 Å². The molecule has 2 aromatic heterocycles. The number of ether oxygens (including phenoxy) is 2. The Morgan fingerprint density at radius 2 is 1.67 bits per heavy atom. The first-order chi connectivity index (χ1) is 11.7. The molecule has 1 aliphatic heterocycles. The first-order valence-electron chi connectivity index (χ1n) is 7.43. The molecule has 0 saturated heterocycles. The molecule has 4 aromatic rings. The van der Waals surface area contributed by atoms with Gasteiger partial charge >= 0.3 is 0 Å². The van der Waals surface area contributed by atoms with Crippen LogP contribution in [0.4, 0.5) is 0 Å². The summed E-state index contributed by atoms with van der Waals surface area (Å²) in [5.74, 6) is 1.38. The number of nitrogens with one attached hydrogen (secondary N) is 2. The van der Waals surface area contributed by atoms with E-state index in [2.05, 4.69) is 9.97 Å². The third-order valence-electron chi connectivity index (χ3n) is 4.25. The minimum atomic E-state index is -0.171. The van der Waals surface area contributed by atoms with Crippen molar-refractivity contribution in [1.82, 2.24) is 9.97 Å². The molecule has 0 atom stereocenters. The van der Waals surface area contributed by atoms with Gasteiger partial charge in [0.1, 0.15) is 5.52 Å². The largest absolute Gasteiger partial charge is 0.454 e. The van der Waals surface area contributed by atoms with Gasteiger partial charge in [0, 0.05) is 27.6 Å². The van der Waals surface area contributed by atoms with E-state index in [1.165, 1.54) is 0 Å². The Morgan fingerprint density at radius 1 is 0.917 bits per heavy atom. The molecule has 0 aliphatic carbocycles. The minimum Gasteiger partial charge on any atom is -0.454 e. The lowest BCUT2D eigenvalue weighted by Gasteiger charge is -2.02. The van der Waals surface area contributed by atoms with Gasteiger partial charge in [-0.2, -0.15) is 0 Å². The molecule has 0 amide bonds. The number of H-pyrrole nitrogens is 2. The van der Waals surface area contributed by atoms with Crippen LogP contribution >= 0.6 is 11.6 Å². The first kappa shape index (κ1) is 13.5. The lowest BCUT2D eigenvalue weighted by Crippen LogP contribution is -2.06. The molecule has 0 saturated carbocycles. The van der Waals surface area contributed by atoms with Crippen LogP contribution in [-0.4, -0.2) is 16.8 Å². The monoisotopic (exact) mass is 338 g/mol. The van der Waals surface area contributed by atoms with E-state index in [1.807, 2.05) is 30.3 Å². The van der Waals surface area contributed by atoms with Crippen LogP contribution in [0.2, 0.25) is 5.02 Å². The lowest BCUT2D eigenvalue weighted by molar-refractivity contribution is 0.174. The van der Waals surface area contributed by atoms with E-state index in [0.29, 0.717) is 22.0 Å². The molecule has 6 heteroatoms. The zero-order chi connectivity index (χ0) is 16.3. The quantitative estimate of drug-likeness (QED) is 0.550. The third kappa shape index (κ3) is 1.91. The van der Waals surface area contributed by atoms with Crippen molar-refractivity contribution in [2.45, 2.75) is 0 Å². The van der Waals surface area contributed by atoms with E-state index in [1.54, 1.807) is 12.1 Å². The lowest BCUT2D eigenvalue weighted by atomic mass is 10.1. The minimum absolute atomic E-state index is 0.171. The molecule has 0 unspecified atom stereocenters. The second kappa shape index (κ2) is 4.79. The average Bonchev–Trinajstić information content (AvgIpc) is 3.17. The SMILES string of the molecule is O=c1[nH]c(-c2ccc(Cl)cc2)cc2c1[nH]c1cc3c(cc12)OCO3. The summed E-state index contributed by atoms with van der Waals surface area (Å²) in [6.45, 7) is 0.219. The number of aromatic nitrogens is 2. The van der Waals surface area contributed by atoms with E-state index in [4.69, 9.17) is 21.1 Å². The molecule has 2 N–H and O–H groups in total. The fraction of sp³-hybridized carbons (Fsp3) is 0.0556. The Bertz CT molecular complexity index is 1160. The van der Waals surface area contributed by atoms with Gasteiger partial charge in [-0.15, -0.1) is 0 Å². The van der Waals surface area contributed by atoms with Gasteiger partial charge in [-0.1, -0.05) is 23.7 Å². The maximum Gasteiger partial charge on any atom is 0.272 e. The summed E-state index contributed by atoms with van der Waals surface area (Å²) in [7, 11) is 0. The van der Waals surface area contributed by atoms with E-state index >= 15 is 0 Å². The number of rotatable bonds is 1. The predicted molar refractivity (Wildman–Crippen MR) is 93.0 cm³/mol. The molecule has 2 aromatic carbocycles. The third-order valence-corrected chi connectivity index (χ3v) is 4.50. The van der Waals surface area contributed by atoms with Gasteiger partial charge in [0.15, 0.2) is 11.5 Å². The highest BCUT2D eigenvalue weighted by Gasteiger charge is 2.18. The van der Waals surface area contributed by atoms with Crippen LogP contribution in [0, 0.1) is 0 Å². The van der Waals surface area contributed by atoms with Crippen molar-refractivity contribution in [2.24, 2.45) is 0 Å². The Morgan fingerprint density at radius 3 is 2.46 bits per heavy atom. The van der Waals surface area contributed by atoms with Crippen LogP contribution in [0.25, 0.3) is 33.1 Å². The molecule has 3 heterocycles. The van der Waals surface area contributed by atoms with E-state index in [-0.39, 0.29) is 12.4 Å². The number of hydrogen-bond donors (Lipinski definition) is 2. The average molecular weight is 339 g/mol.